The van der Waals surface area contributed by atoms with Gasteiger partial charge in [0.25, 0.3) is 5.95 Å². The minimum atomic E-state index is -0.341. The van der Waals surface area contributed by atoms with E-state index in [-0.39, 0.29) is 36.1 Å². The number of hydrogen-bond acceptors (Lipinski definition) is 7. The van der Waals surface area contributed by atoms with E-state index in [2.05, 4.69) is 25.6 Å². The Hall–Kier alpha value is -4.34. The van der Waals surface area contributed by atoms with Gasteiger partial charge in [0.2, 0.25) is 5.91 Å². The second-order valence-electron chi connectivity index (χ2n) is 8.79. The third kappa shape index (κ3) is 4.37. The first-order chi connectivity index (χ1) is 17.3. The van der Waals surface area contributed by atoms with Crippen molar-refractivity contribution in [3.63, 3.8) is 0 Å². The molecule has 3 heterocycles. The average molecular weight is 489 g/mol. The van der Waals surface area contributed by atoms with Crippen molar-refractivity contribution >= 4 is 11.7 Å². The highest BCUT2D eigenvalue weighted by Gasteiger charge is 2.34. The Labute approximate surface area is 207 Å². The summed E-state index contributed by atoms with van der Waals surface area (Å²) in [7, 11) is 1.59. The van der Waals surface area contributed by atoms with Crippen molar-refractivity contribution in [1.82, 2.24) is 25.0 Å². The number of amides is 1. The van der Waals surface area contributed by atoms with Gasteiger partial charge in [-0.3, -0.25) is 4.79 Å². The van der Waals surface area contributed by atoms with Gasteiger partial charge in [0, 0.05) is 23.5 Å². The molecule has 36 heavy (non-hydrogen) atoms. The van der Waals surface area contributed by atoms with E-state index >= 15 is 0 Å². The fourth-order valence-corrected chi connectivity index (χ4v) is 4.37. The highest BCUT2D eigenvalue weighted by Crippen LogP contribution is 2.42. The Morgan fingerprint density at radius 1 is 1.14 bits per heavy atom. The van der Waals surface area contributed by atoms with Crippen LogP contribution in [-0.2, 0) is 4.79 Å². The van der Waals surface area contributed by atoms with Gasteiger partial charge < -0.3 is 14.8 Å². The molecule has 0 aliphatic carbocycles. The van der Waals surface area contributed by atoms with Gasteiger partial charge in [-0.2, -0.15) is 14.9 Å². The van der Waals surface area contributed by atoms with Crippen LogP contribution < -0.4 is 14.8 Å². The SMILES string of the molecule is COc1cc(C2CC(=O)Nc3c2c(C)nn3-c2nncc(-c3ccc(F)cc3)n2)ccc1OC(C)C. The van der Waals surface area contributed by atoms with Gasteiger partial charge >= 0.3 is 0 Å². The number of fused-ring (bicyclic) bond motifs is 1. The maximum atomic E-state index is 13.4. The van der Waals surface area contributed by atoms with Crippen LogP contribution in [0.2, 0.25) is 0 Å². The molecule has 1 atom stereocenters. The molecule has 4 aromatic rings. The fraction of sp³-hybridized carbons (Fsp3) is 0.269. The normalized spacial score (nSPS) is 14.9. The predicted molar refractivity (Wildman–Crippen MR) is 131 cm³/mol. The zero-order valence-electron chi connectivity index (χ0n) is 20.3. The zero-order chi connectivity index (χ0) is 25.4. The number of nitrogens with one attached hydrogen (secondary N) is 1. The molecule has 0 radical (unpaired) electrons. The number of halogens is 1. The molecule has 1 aliphatic rings. The van der Waals surface area contributed by atoms with Gasteiger partial charge in [-0.1, -0.05) is 6.07 Å². The summed E-state index contributed by atoms with van der Waals surface area (Å²) in [6.45, 7) is 5.78. The molecule has 0 saturated carbocycles. The lowest BCUT2D eigenvalue weighted by molar-refractivity contribution is -0.116. The second-order valence-corrected chi connectivity index (χ2v) is 8.79. The first-order valence-electron chi connectivity index (χ1n) is 11.5. The van der Waals surface area contributed by atoms with Gasteiger partial charge in [-0.25, -0.2) is 9.37 Å². The van der Waals surface area contributed by atoms with E-state index < -0.39 is 0 Å². The second kappa shape index (κ2) is 9.37. The summed E-state index contributed by atoms with van der Waals surface area (Å²) in [5.74, 6) is 1.18. The molecule has 0 bridgehead atoms. The van der Waals surface area contributed by atoms with Crippen molar-refractivity contribution < 1.29 is 18.7 Å². The number of carbonyl (C=O) groups excluding carboxylic acids is 1. The van der Waals surface area contributed by atoms with Crippen LogP contribution in [0.25, 0.3) is 17.2 Å². The standard InChI is InChI=1S/C26H25FN6O3/c1-14(2)36-21-10-7-17(11-22(21)35-4)19-12-23(34)30-25-24(19)15(3)32-33(25)26-29-20(13-28-31-26)16-5-8-18(27)9-6-16/h5-11,13-14,19H,12H2,1-4H3,(H,30,34). The summed E-state index contributed by atoms with van der Waals surface area (Å²) >= 11 is 0. The smallest absolute Gasteiger partial charge is 0.272 e. The van der Waals surface area contributed by atoms with Crippen molar-refractivity contribution in [1.29, 1.82) is 0 Å². The highest BCUT2D eigenvalue weighted by atomic mass is 19.1. The minimum Gasteiger partial charge on any atom is -0.493 e. The summed E-state index contributed by atoms with van der Waals surface area (Å²) in [5, 5.41) is 15.8. The van der Waals surface area contributed by atoms with Crippen LogP contribution in [0.15, 0.2) is 48.7 Å². The number of ether oxygens (including phenoxy) is 2. The van der Waals surface area contributed by atoms with Crippen LogP contribution >= 0.6 is 0 Å². The van der Waals surface area contributed by atoms with E-state index in [1.165, 1.54) is 23.0 Å². The number of hydrogen-bond donors (Lipinski definition) is 1. The molecule has 184 valence electrons. The molecule has 0 saturated heterocycles. The summed E-state index contributed by atoms with van der Waals surface area (Å²) in [6.07, 6.45) is 1.74. The van der Waals surface area contributed by atoms with Crippen molar-refractivity contribution in [3.8, 4) is 28.7 Å². The number of rotatable bonds is 6. The number of methoxy groups -OCH3 is 1. The Kier molecular flexibility index (Phi) is 6.09. The molecular formula is C26H25FN6O3. The van der Waals surface area contributed by atoms with Crippen molar-refractivity contribution in [2.75, 3.05) is 12.4 Å². The molecule has 5 rings (SSSR count). The largest absolute Gasteiger partial charge is 0.493 e. The van der Waals surface area contributed by atoms with Crippen LogP contribution in [0, 0.1) is 12.7 Å². The molecule has 1 N–H and O–H groups in total. The molecule has 1 amide bonds. The third-order valence-corrected chi connectivity index (χ3v) is 5.93. The molecule has 10 heteroatoms. The fourth-order valence-electron chi connectivity index (χ4n) is 4.37. The lowest BCUT2D eigenvalue weighted by atomic mass is 9.85. The zero-order valence-corrected chi connectivity index (χ0v) is 20.3. The average Bonchev–Trinajstić information content (AvgIpc) is 3.20. The highest BCUT2D eigenvalue weighted by molar-refractivity contribution is 5.95. The van der Waals surface area contributed by atoms with Crippen molar-refractivity contribution in [2.45, 2.75) is 39.2 Å². The predicted octanol–water partition coefficient (Wildman–Crippen LogP) is 4.44. The van der Waals surface area contributed by atoms with Gasteiger partial charge in [0.1, 0.15) is 11.6 Å². The summed E-state index contributed by atoms with van der Waals surface area (Å²) in [5.41, 5.74) is 3.69. The number of benzene rings is 2. The lowest BCUT2D eigenvalue weighted by Gasteiger charge is -2.25. The number of anilines is 1. The molecule has 1 aliphatic heterocycles. The Morgan fingerprint density at radius 2 is 1.92 bits per heavy atom. The molecule has 0 spiro atoms. The molecular weight excluding hydrogens is 463 g/mol. The lowest BCUT2D eigenvalue weighted by Crippen LogP contribution is -2.25. The quantitative estimate of drug-likeness (QED) is 0.428. The molecule has 2 aromatic carbocycles. The van der Waals surface area contributed by atoms with Crippen molar-refractivity contribution in [3.05, 3.63) is 71.3 Å². The molecule has 9 nitrogen and oxygen atoms in total. The van der Waals surface area contributed by atoms with E-state index in [4.69, 9.17) is 9.47 Å². The number of nitrogens with zero attached hydrogens (tertiary/aromatic N) is 5. The van der Waals surface area contributed by atoms with Gasteiger partial charge in [0.05, 0.1) is 30.8 Å². The number of carbonyl (C=O) groups is 1. The Balaban J connectivity index is 1.57. The van der Waals surface area contributed by atoms with E-state index in [0.29, 0.717) is 28.6 Å². The van der Waals surface area contributed by atoms with Crippen LogP contribution in [0.3, 0.4) is 0 Å². The minimum absolute atomic E-state index is 0.00318. The summed E-state index contributed by atoms with van der Waals surface area (Å²) in [4.78, 5) is 17.4. The Bertz CT molecular complexity index is 1430. The number of aryl methyl sites for hydroxylation is 1. The maximum absolute atomic E-state index is 13.4. The van der Waals surface area contributed by atoms with Crippen LogP contribution in [0.4, 0.5) is 10.2 Å². The van der Waals surface area contributed by atoms with Crippen LogP contribution in [0.1, 0.15) is 43.0 Å². The maximum Gasteiger partial charge on any atom is 0.272 e. The van der Waals surface area contributed by atoms with Gasteiger partial charge in [-0.15, -0.1) is 5.10 Å². The summed E-state index contributed by atoms with van der Waals surface area (Å²) in [6, 6.07) is 11.6. The van der Waals surface area contributed by atoms with Crippen LogP contribution in [0.5, 0.6) is 11.5 Å². The van der Waals surface area contributed by atoms with Gasteiger partial charge in [-0.05, 0) is 62.7 Å². The number of aromatic nitrogens is 5. The molecule has 2 aromatic heterocycles. The van der Waals surface area contributed by atoms with E-state index in [1.807, 2.05) is 39.0 Å². The molecule has 1 unspecified atom stereocenters. The summed E-state index contributed by atoms with van der Waals surface area (Å²) < 4.78 is 26.3. The van der Waals surface area contributed by atoms with Crippen LogP contribution in [-0.4, -0.2) is 44.1 Å². The first-order valence-corrected chi connectivity index (χ1v) is 11.5. The van der Waals surface area contributed by atoms with E-state index in [1.54, 1.807) is 19.2 Å². The molecule has 0 fully saturated rings. The monoisotopic (exact) mass is 488 g/mol. The van der Waals surface area contributed by atoms with Gasteiger partial charge in [0.15, 0.2) is 11.5 Å². The van der Waals surface area contributed by atoms with Crippen molar-refractivity contribution in [2.24, 2.45) is 0 Å². The Morgan fingerprint density at radius 3 is 2.64 bits per heavy atom. The third-order valence-electron chi connectivity index (χ3n) is 5.93. The first kappa shape index (κ1) is 23.4. The van der Waals surface area contributed by atoms with E-state index in [0.717, 1.165) is 16.8 Å². The van der Waals surface area contributed by atoms with E-state index in [9.17, 15) is 9.18 Å². The topological polar surface area (TPSA) is 104 Å².